The quantitative estimate of drug-likeness (QED) is 0.860. The molecule has 3 nitrogen and oxygen atoms in total. The number of hydrogen-bond acceptors (Lipinski definition) is 2. The van der Waals surface area contributed by atoms with Gasteiger partial charge in [0.1, 0.15) is 6.04 Å². The fourth-order valence-electron chi connectivity index (χ4n) is 0.894. The number of hydrogen-bond donors (Lipinski definition) is 2. The van der Waals surface area contributed by atoms with E-state index in [0.29, 0.717) is 15.1 Å². The Morgan fingerprint density at radius 1 is 1.62 bits per heavy atom. The molecular formula is C8H7BrClNO2. The summed E-state index contributed by atoms with van der Waals surface area (Å²) in [4.78, 5) is 10.6. The van der Waals surface area contributed by atoms with E-state index < -0.39 is 12.0 Å². The van der Waals surface area contributed by atoms with Crippen LogP contribution in [0.4, 0.5) is 0 Å². The van der Waals surface area contributed by atoms with Crippen molar-refractivity contribution in [2.45, 2.75) is 6.04 Å². The Hall–Kier alpha value is -0.580. The fourth-order valence-corrected chi connectivity index (χ4v) is 1.59. The Bertz CT molecular complexity index is 343. The molecule has 0 spiro atoms. The molecule has 0 aliphatic rings. The highest BCUT2D eigenvalue weighted by Crippen LogP contribution is 2.29. The van der Waals surface area contributed by atoms with Crippen LogP contribution in [0.25, 0.3) is 0 Å². The molecule has 1 rings (SSSR count). The molecule has 1 aromatic rings. The second-order valence-corrected chi connectivity index (χ2v) is 3.66. The van der Waals surface area contributed by atoms with Gasteiger partial charge in [-0.25, -0.2) is 0 Å². The van der Waals surface area contributed by atoms with E-state index in [9.17, 15) is 4.79 Å². The van der Waals surface area contributed by atoms with Crippen LogP contribution in [-0.4, -0.2) is 11.1 Å². The van der Waals surface area contributed by atoms with Gasteiger partial charge in [-0.1, -0.05) is 23.7 Å². The number of aliphatic carboxylic acids is 1. The normalized spacial score (nSPS) is 12.5. The van der Waals surface area contributed by atoms with Gasteiger partial charge in [-0.05, 0) is 27.6 Å². The smallest absolute Gasteiger partial charge is 0.325 e. The van der Waals surface area contributed by atoms with Gasteiger partial charge in [0.25, 0.3) is 0 Å². The van der Waals surface area contributed by atoms with Crippen molar-refractivity contribution < 1.29 is 9.90 Å². The van der Waals surface area contributed by atoms with Crippen LogP contribution in [0.1, 0.15) is 11.6 Å². The molecule has 0 saturated carbocycles. The molecule has 0 amide bonds. The first-order valence-electron chi connectivity index (χ1n) is 3.46. The molecule has 1 aromatic carbocycles. The number of carboxylic acid groups (broad SMARTS) is 1. The zero-order valence-electron chi connectivity index (χ0n) is 6.50. The van der Waals surface area contributed by atoms with E-state index in [4.69, 9.17) is 22.4 Å². The highest BCUT2D eigenvalue weighted by Gasteiger charge is 2.17. The fraction of sp³-hybridized carbons (Fsp3) is 0.125. The van der Waals surface area contributed by atoms with Crippen molar-refractivity contribution in [3.8, 4) is 0 Å². The summed E-state index contributed by atoms with van der Waals surface area (Å²) in [6.07, 6.45) is 0. The summed E-state index contributed by atoms with van der Waals surface area (Å²) in [6, 6.07) is 3.89. The Morgan fingerprint density at radius 2 is 2.23 bits per heavy atom. The monoisotopic (exact) mass is 263 g/mol. The first-order valence-corrected chi connectivity index (χ1v) is 4.63. The van der Waals surface area contributed by atoms with Gasteiger partial charge in [-0.2, -0.15) is 0 Å². The lowest BCUT2D eigenvalue weighted by molar-refractivity contribution is -0.138. The van der Waals surface area contributed by atoms with E-state index in [1.807, 2.05) is 0 Å². The molecule has 13 heavy (non-hydrogen) atoms. The van der Waals surface area contributed by atoms with E-state index in [1.54, 1.807) is 18.2 Å². The number of halogens is 2. The Kier molecular flexibility index (Phi) is 3.30. The zero-order chi connectivity index (χ0) is 10.0. The van der Waals surface area contributed by atoms with Gasteiger partial charge in [0.2, 0.25) is 0 Å². The first-order chi connectivity index (χ1) is 6.04. The molecule has 0 aromatic heterocycles. The SMILES string of the molecule is NC(C(=O)O)c1cccc(Cl)c1Br. The molecule has 1 atom stereocenters. The molecule has 0 heterocycles. The molecule has 1 unspecified atom stereocenters. The molecule has 70 valence electrons. The minimum Gasteiger partial charge on any atom is -0.480 e. The second-order valence-electron chi connectivity index (χ2n) is 2.46. The van der Waals surface area contributed by atoms with E-state index >= 15 is 0 Å². The van der Waals surface area contributed by atoms with Crippen molar-refractivity contribution in [2.24, 2.45) is 5.73 Å². The minimum absolute atomic E-state index is 0.453. The van der Waals surface area contributed by atoms with Gasteiger partial charge in [-0.3, -0.25) is 4.79 Å². The summed E-state index contributed by atoms with van der Waals surface area (Å²) in [6.45, 7) is 0. The van der Waals surface area contributed by atoms with Crippen molar-refractivity contribution in [1.29, 1.82) is 0 Å². The lowest BCUT2D eigenvalue weighted by Gasteiger charge is -2.09. The first kappa shape index (κ1) is 10.5. The van der Waals surface area contributed by atoms with Crippen LogP contribution >= 0.6 is 27.5 Å². The third-order valence-corrected chi connectivity index (χ3v) is 3.01. The predicted octanol–water partition coefficient (Wildman–Crippen LogP) is 2.19. The minimum atomic E-state index is -1.08. The summed E-state index contributed by atoms with van der Waals surface area (Å²) in [5.41, 5.74) is 5.89. The summed E-state index contributed by atoms with van der Waals surface area (Å²) in [5, 5.41) is 9.11. The third kappa shape index (κ3) is 2.21. The number of nitrogens with two attached hydrogens (primary N) is 1. The van der Waals surface area contributed by atoms with Gasteiger partial charge >= 0.3 is 5.97 Å². The summed E-state index contributed by atoms with van der Waals surface area (Å²) in [7, 11) is 0. The van der Waals surface area contributed by atoms with Gasteiger partial charge in [-0.15, -0.1) is 0 Å². The third-order valence-electron chi connectivity index (χ3n) is 1.58. The Balaban J connectivity index is 3.15. The molecule has 3 N–H and O–H groups in total. The number of rotatable bonds is 2. The van der Waals surface area contributed by atoms with Crippen molar-refractivity contribution >= 4 is 33.5 Å². The molecule has 5 heteroatoms. The standard InChI is InChI=1S/C8H7BrClNO2/c9-6-4(7(11)8(12)13)2-1-3-5(6)10/h1-3,7H,11H2,(H,12,13). The summed E-state index contributed by atoms with van der Waals surface area (Å²) in [5.74, 6) is -1.08. The van der Waals surface area contributed by atoms with E-state index in [2.05, 4.69) is 15.9 Å². The average Bonchev–Trinajstić information content (AvgIpc) is 2.08. The Labute approximate surface area is 88.6 Å². The molecule has 0 saturated heterocycles. The van der Waals surface area contributed by atoms with Crippen molar-refractivity contribution in [3.05, 3.63) is 33.3 Å². The van der Waals surface area contributed by atoms with E-state index in [-0.39, 0.29) is 0 Å². The molecule has 0 radical (unpaired) electrons. The Morgan fingerprint density at radius 3 is 2.77 bits per heavy atom. The van der Waals surface area contributed by atoms with Crippen molar-refractivity contribution in [1.82, 2.24) is 0 Å². The van der Waals surface area contributed by atoms with Crippen LogP contribution in [0.15, 0.2) is 22.7 Å². The zero-order valence-corrected chi connectivity index (χ0v) is 8.84. The molecular weight excluding hydrogens is 257 g/mol. The molecule has 0 bridgehead atoms. The maximum Gasteiger partial charge on any atom is 0.325 e. The molecule has 0 aliphatic carbocycles. The number of carboxylic acids is 1. The largest absolute Gasteiger partial charge is 0.480 e. The highest BCUT2D eigenvalue weighted by atomic mass is 79.9. The lowest BCUT2D eigenvalue weighted by Crippen LogP contribution is -2.21. The van der Waals surface area contributed by atoms with Crippen LogP contribution in [0, 0.1) is 0 Å². The van der Waals surface area contributed by atoms with Crippen molar-refractivity contribution in [3.63, 3.8) is 0 Å². The van der Waals surface area contributed by atoms with Crippen LogP contribution < -0.4 is 5.73 Å². The summed E-state index contributed by atoms with van der Waals surface area (Å²) < 4.78 is 0.534. The maximum atomic E-state index is 10.6. The van der Waals surface area contributed by atoms with Crippen molar-refractivity contribution in [2.75, 3.05) is 0 Å². The van der Waals surface area contributed by atoms with Crippen LogP contribution in [0.5, 0.6) is 0 Å². The van der Waals surface area contributed by atoms with Gasteiger partial charge in [0.05, 0.1) is 5.02 Å². The lowest BCUT2D eigenvalue weighted by atomic mass is 10.1. The molecule has 0 aliphatic heterocycles. The maximum absolute atomic E-state index is 10.6. The van der Waals surface area contributed by atoms with E-state index in [0.717, 1.165) is 0 Å². The number of benzene rings is 1. The number of carbonyl (C=O) groups is 1. The van der Waals surface area contributed by atoms with Crippen LogP contribution in [0.2, 0.25) is 5.02 Å². The van der Waals surface area contributed by atoms with Crippen LogP contribution in [0.3, 0.4) is 0 Å². The average molecular weight is 265 g/mol. The second kappa shape index (κ2) is 4.09. The topological polar surface area (TPSA) is 63.3 Å². The predicted molar refractivity (Wildman–Crippen MR) is 53.7 cm³/mol. The van der Waals surface area contributed by atoms with Gasteiger partial charge in [0.15, 0.2) is 0 Å². The van der Waals surface area contributed by atoms with E-state index in [1.165, 1.54) is 0 Å². The highest BCUT2D eigenvalue weighted by molar-refractivity contribution is 9.10. The van der Waals surface area contributed by atoms with Gasteiger partial charge in [0, 0.05) is 4.47 Å². The summed E-state index contributed by atoms with van der Waals surface area (Å²) >= 11 is 8.94. The van der Waals surface area contributed by atoms with Gasteiger partial charge < -0.3 is 10.8 Å². The van der Waals surface area contributed by atoms with Crippen LogP contribution in [-0.2, 0) is 4.79 Å². The molecule has 0 fully saturated rings.